The molecule has 6 N–H and O–H groups in total. The topological polar surface area (TPSA) is 166 Å². The number of ether oxygens (including phenoxy) is 3. The lowest BCUT2D eigenvalue weighted by atomic mass is 9.99. The Balaban J connectivity index is 1.92. The van der Waals surface area contributed by atoms with Crippen LogP contribution in [0, 0.1) is 0 Å². The van der Waals surface area contributed by atoms with Crippen LogP contribution in [0.4, 0.5) is 0 Å². The van der Waals surface area contributed by atoms with Crippen LogP contribution in [0.1, 0.15) is 15.9 Å². The molecule has 10 heteroatoms. The number of carbonyl (C=O) groups excluding carboxylic acids is 1. The van der Waals surface area contributed by atoms with Crippen LogP contribution >= 0.6 is 0 Å². The Kier molecular flexibility index (Phi) is 7.33. The number of carbonyl (C=O) groups is 1. The number of allylic oxidation sites excluding steroid dienone is 1. The summed E-state index contributed by atoms with van der Waals surface area (Å²) in [6.45, 7) is -0.657. The van der Waals surface area contributed by atoms with Gasteiger partial charge in [-0.1, -0.05) is 18.2 Å². The summed E-state index contributed by atoms with van der Waals surface area (Å²) in [7, 11) is 1.33. The van der Waals surface area contributed by atoms with E-state index in [4.69, 9.17) is 14.2 Å². The summed E-state index contributed by atoms with van der Waals surface area (Å²) < 4.78 is 16.0. The SMILES string of the molecule is COc1cc(O)c(C(=O)C=Cc2ccc(O)cc2)c(O[C@H]2O[C@H](CO)[C@@H](O)[C@H](O)[C@@H]2O)c1. The number of phenolic OH excluding ortho intramolecular Hbond substituents is 2. The molecule has 0 radical (unpaired) electrons. The molecule has 1 saturated heterocycles. The fraction of sp³-hybridized carbons (Fsp3) is 0.318. The smallest absolute Gasteiger partial charge is 0.229 e. The van der Waals surface area contributed by atoms with Crippen molar-refractivity contribution in [1.82, 2.24) is 0 Å². The van der Waals surface area contributed by atoms with E-state index in [2.05, 4.69) is 0 Å². The lowest BCUT2D eigenvalue weighted by molar-refractivity contribution is -0.277. The van der Waals surface area contributed by atoms with E-state index in [1.807, 2.05) is 0 Å². The zero-order valence-corrected chi connectivity index (χ0v) is 17.0. The third-order valence-corrected chi connectivity index (χ3v) is 4.95. The quantitative estimate of drug-likeness (QED) is 0.254. The van der Waals surface area contributed by atoms with Crippen molar-refractivity contribution in [2.75, 3.05) is 13.7 Å². The summed E-state index contributed by atoms with van der Waals surface area (Å²) in [5.41, 5.74) is 0.346. The average Bonchev–Trinajstić information content (AvgIpc) is 2.78. The van der Waals surface area contributed by atoms with Crippen LogP contribution in [0.25, 0.3) is 6.08 Å². The number of methoxy groups -OCH3 is 1. The molecule has 3 rings (SSSR count). The highest BCUT2D eigenvalue weighted by atomic mass is 16.7. The summed E-state index contributed by atoms with van der Waals surface area (Å²) in [5, 5.41) is 59.2. The Morgan fingerprint density at radius 1 is 1.06 bits per heavy atom. The van der Waals surface area contributed by atoms with Crippen LogP contribution in [0.2, 0.25) is 0 Å². The normalized spacial score (nSPS) is 25.6. The number of aliphatic hydroxyl groups excluding tert-OH is 4. The predicted molar refractivity (Wildman–Crippen MR) is 111 cm³/mol. The van der Waals surface area contributed by atoms with E-state index >= 15 is 0 Å². The van der Waals surface area contributed by atoms with Crippen molar-refractivity contribution in [1.29, 1.82) is 0 Å². The van der Waals surface area contributed by atoms with Gasteiger partial charge in [-0.05, 0) is 23.8 Å². The molecule has 2 aromatic carbocycles. The summed E-state index contributed by atoms with van der Waals surface area (Å²) in [6, 6.07) is 8.53. The minimum atomic E-state index is -1.71. The van der Waals surface area contributed by atoms with E-state index in [1.54, 1.807) is 12.1 Å². The molecule has 0 unspecified atom stereocenters. The van der Waals surface area contributed by atoms with Crippen molar-refractivity contribution in [2.45, 2.75) is 30.7 Å². The fourth-order valence-corrected chi connectivity index (χ4v) is 3.17. The number of ketones is 1. The fourth-order valence-electron chi connectivity index (χ4n) is 3.17. The van der Waals surface area contributed by atoms with Crippen molar-refractivity contribution in [3.05, 3.63) is 53.6 Å². The van der Waals surface area contributed by atoms with Gasteiger partial charge >= 0.3 is 0 Å². The number of aromatic hydroxyl groups is 2. The largest absolute Gasteiger partial charge is 0.508 e. The highest BCUT2D eigenvalue weighted by molar-refractivity contribution is 6.10. The number of rotatable bonds is 7. The van der Waals surface area contributed by atoms with E-state index in [0.717, 1.165) is 0 Å². The number of phenols is 2. The van der Waals surface area contributed by atoms with Gasteiger partial charge in [-0.2, -0.15) is 0 Å². The maximum atomic E-state index is 12.8. The Hall–Kier alpha value is -3.15. The van der Waals surface area contributed by atoms with Crippen molar-refractivity contribution >= 4 is 11.9 Å². The molecule has 0 saturated carbocycles. The van der Waals surface area contributed by atoms with Crippen LogP contribution in [0.15, 0.2) is 42.5 Å². The Bertz CT molecular complexity index is 969. The van der Waals surface area contributed by atoms with E-state index in [-0.39, 0.29) is 22.8 Å². The minimum Gasteiger partial charge on any atom is -0.508 e. The van der Waals surface area contributed by atoms with E-state index in [0.29, 0.717) is 5.56 Å². The van der Waals surface area contributed by atoms with Gasteiger partial charge in [-0.15, -0.1) is 0 Å². The van der Waals surface area contributed by atoms with Gasteiger partial charge in [-0.3, -0.25) is 4.79 Å². The van der Waals surface area contributed by atoms with Crippen LogP contribution in [-0.2, 0) is 4.74 Å². The van der Waals surface area contributed by atoms with Gasteiger partial charge < -0.3 is 44.8 Å². The first-order valence-electron chi connectivity index (χ1n) is 9.64. The van der Waals surface area contributed by atoms with Gasteiger partial charge in [0.25, 0.3) is 0 Å². The molecule has 2 aromatic rings. The third-order valence-electron chi connectivity index (χ3n) is 4.95. The molecule has 0 spiro atoms. The lowest BCUT2D eigenvalue weighted by Crippen LogP contribution is -2.60. The molecule has 1 heterocycles. The first-order chi connectivity index (χ1) is 15.2. The van der Waals surface area contributed by atoms with Crippen LogP contribution < -0.4 is 9.47 Å². The summed E-state index contributed by atoms with van der Waals surface area (Å²) in [5.74, 6) is -1.13. The predicted octanol–water partition coefficient (Wildman–Crippen LogP) is 0.181. The molecule has 5 atom stereocenters. The van der Waals surface area contributed by atoms with E-state index in [9.17, 15) is 35.4 Å². The Morgan fingerprint density at radius 3 is 2.38 bits per heavy atom. The highest BCUT2D eigenvalue weighted by Gasteiger charge is 2.45. The maximum absolute atomic E-state index is 12.8. The second-order valence-corrected chi connectivity index (χ2v) is 7.12. The molecule has 0 aliphatic carbocycles. The minimum absolute atomic E-state index is 0.0662. The molecule has 32 heavy (non-hydrogen) atoms. The molecule has 0 aromatic heterocycles. The second-order valence-electron chi connectivity index (χ2n) is 7.12. The molecule has 10 nitrogen and oxygen atoms in total. The van der Waals surface area contributed by atoms with Gasteiger partial charge in [0, 0.05) is 12.1 Å². The molecular weight excluding hydrogens is 424 g/mol. The molecule has 0 amide bonds. The maximum Gasteiger partial charge on any atom is 0.229 e. The number of hydrogen-bond acceptors (Lipinski definition) is 10. The highest BCUT2D eigenvalue weighted by Crippen LogP contribution is 2.36. The van der Waals surface area contributed by atoms with Gasteiger partial charge in [-0.25, -0.2) is 0 Å². The monoisotopic (exact) mass is 448 g/mol. The van der Waals surface area contributed by atoms with Crippen LogP contribution in [0.5, 0.6) is 23.0 Å². The van der Waals surface area contributed by atoms with Crippen molar-refractivity contribution in [2.24, 2.45) is 0 Å². The van der Waals surface area contributed by atoms with Gasteiger partial charge in [0.2, 0.25) is 6.29 Å². The zero-order valence-electron chi connectivity index (χ0n) is 17.0. The number of aliphatic hydroxyl groups is 4. The standard InChI is InChI=1S/C22H24O10/c1-30-13-8-15(26)18(14(25)7-4-11-2-5-12(24)6-3-11)16(9-13)31-22-21(29)20(28)19(27)17(10-23)32-22/h2-9,17,19-24,26-29H,10H2,1H3/t17-,19-,20+,21+,22+/m1/s1. The Labute approximate surface area is 183 Å². The molecule has 172 valence electrons. The number of benzene rings is 2. The van der Waals surface area contributed by atoms with Crippen LogP contribution in [-0.4, -0.2) is 80.8 Å². The first kappa shape index (κ1) is 23.5. The average molecular weight is 448 g/mol. The zero-order chi connectivity index (χ0) is 23.4. The van der Waals surface area contributed by atoms with Crippen molar-refractivity contribution < 1.29 is 49.6 Å². The molecule has 0 bridgehead atoms. The number of hydrogen-bond donors (Lipinski definition) is 6. The van der Waals surface area contributed by atoms with Crippen molar-refractivity contribution in [3.63, 3.8) is 0 Å². The lowest BCUT2D eigenvalue weighted by Gasteiger charge is -2.39. The van der Waals surface area contributed by atoms with Crippen molar-refractivity contribution in [3.8, 4) is 23.0 Å². The van der Waals surface area contributed by atoms with Gasteiger partial charge in [0.1, 0.15) is 53.0 Å². The molecule has 1 fully saturated rings. The van der Waals surface area contributed by atoms with Gasteiger partial charge in [0.15, 0.2) is 5.78 Å². The van der Waals surface area contributed by atoms with Gasteiger partial charge in [0.05, 0.1) is 13.7 Å². The summed E-state index contributed by atoms with van der Waals surface area (Å²) >= 11 is 0. The summed E-state index contributed by atoms with van der Waals surface area (Å²) in [4.78, 5) is 12.8. The molecular formula is C22H24O10. The third kappa shape index (κ3) is 5.01. The first-order valence-corrected chi connectivity index (χ1v) is 9.64. The second kappa shape index (κ2) is 9.98. The molecule has 1 aliphatic heterocycles. The molecule has 1 aliphatic rings. The summed E-state index contributed by atoms with van der Waals surface area (Å²) in [6.07, 6.45) is -5.12. The van der Waals surface area contributed by atoms with E-state index in [1.165, 1.54) is 43.5 Å². The Morgan fingerprint density at radius 2 is 1.75 bits per heavy atom. The van der Waals surface area contributed by atoms with E-state index < -0.39 is 48.8 Å². The van der Waals surface area contributed by atoms with Crippen LogP contribution in [0.3, 0.4) is 0 Å².